The third-order valence-corrected chi connectivity index (χ3v) is 2.54. The molecule has 96 valence electrons. The number of hydrogen-bond acceptors (Lipinski definition) is 4. The van der Waals surface area contributed by atoms with Gasteiger partial charge < -0.3 is 9.47 Å². The lowest BCUT2D eigenvalue weighted by Crippen LogP contribution is -2.12. The first-order chi connectivity index (χ1) is 8.66. The molecule has 0 fully saturated rings. The van der Waals surface area contributed by atoms with Crippen molar-refractivity contribution in [3.63, 3.8) is 0 Å². The molecule has 1 N–H and O–H groups in total. The predicted molar refractivity (Wildman–Crippen MR) is 68.5 cm³/mol. The maximum atomic E-state index is 10.7. The fourth-order valence-electron chi connectivity index (χ4n) is 1.52. The summed E-state index contributed by atoms with van der Waals surface area (Å²) in [6, 6.07) is 3.48. The van der Waals surface area contributed by atoms with Gasteiger partial charge in [-0.3, -0.25) is 4.79 Å². The molecule has 1 heterocycles. The molecule has 0 aliphatic carbocycles. The number of carbonyl (C=O) groups is 1. The maximum Gasteiger partial charge on any atom is 0.236 e. The van der Waals surface area contributed by atoms with Gasteiger partial charge in [-0.1, -0.05) is 11.6 Å². The molecule has 6 heteroatoms. The van der Waals surface area contributed by atoms with Gasteiger partial charge in [0.05, 0.1) is 24.5 Å². The largest absolute Gasteiger partial charge is 0.489 e. The summed E-state index contributed by atoms with van der Waals surface area (Å²) in [4.78, 5) is 10.7. The molecule has 0 radical (unpaired) electrons. The van der Waals surface area contributed by atoms with E-state index in [9.17, 15) is 4.79 Å². The summed E-state index contributed by atoms with van der Waals surface area (Å²) in [5, 5.41) is 4.25. The minimum Gasteiger partial charge on any atom is -0.489 e. The van der Waals surface area contributed by atoms with E-state index in [0.29, 0.717) is 29.7 Å². The highest BCUT2D eigenvalue weighted by molar-refractivity contribution is 6.32. The van der Waals surface area contributed by atoms with Crippen LogP contribution in [0.4, 0.5) is 0 Å². The normalized spacial score (nSPS) is 14.3. The zero-order valence-corrected chi connectivity index (χ0v) is 10.7. The summed E-state index contributed by atoms with van der Waals surface area (Å²) < 4.78 is 11.0. The third kappa shape index (κ3) is 3.13. The smallest absolute Gasteiger partial charge is 0.236 e. The second kappa shape index (κ2) is 5.73. The topological polar surface area (TPSA) is 59.9 Å². The van der Waals surface area contributed by atoms with Gasteiger partial charge in [0, 0.05) is 13.3 Å². The molecular weight excluding hydrogens is 256 g/mol. The summed E-state index contributed by atoms with van der Waals surface area (Å²) in [5.41, 5.74) is 3.06. The number of fused-ring (bicyclic) bond motifs is 1. The van der Waals surface area contributed by atoms with E-state index in [2.05, 4.69) is 10.5 Å². The number of amides is 1. The van der Waals surface area contributed by atoms with E-state index in [1.807, 2.05) is 0 Å². The van der Waals surface area contributed by atoms with E-state index in [4.69, 9.17) is 21.1 Å². The number of nitrogens with one attached hydrogen (secondary N) is 1. The van der Waals surface area contributed by atoms with Gasteiger partial charge in [0.15, 0.2) is 11.5 Å². The molecule has 1 aromatic rings. The van der Waals surface area contributed by atoms with Crippen LogP contribution in [0.2, 0.25) is 5.02 Å². The Morgan fingerprint density at radius 3 is 3.00 bits per heavy atom. The Morgan fingerprint density at radius 1 is 1.44 bits per heavy atom. The van der Waals surface area contributed by atoms with Crippen molar-refractivity contribution in [2.45, 2.75) is 13.3 Å². The highest BCUT2D eigenvalue weighted by Crippen LogP contribution is 2.37. The lowest BCUT2D eigenvalue weighted by molar-refractivity contribution is -0.118. The maximum absolute atomic E-state index is 10.7. The minimum absolute atomic E-state index is 0.230. The molecule has 0 unspecified atom stereocenters. The van der Waals surface area contributed by atoms with Crippen molar-refractivity contribution in [1.82, 2.24) is 5.43 Å². The monoisotopic (exact) mass is 268 g/mol. The summed E-state index contributed by atoms with van der Waals surface area (Å²) >= 11 is 6.11. The van der Waals surface area contributed by atoms with Crippen LogP contribution < -0.4 is 14.9 Å². The fourth-order valence-corrected chi connectivity index (χ4v) is 1.80. The summed E-state index contributed by atoms with van der Waals surface area (Å²) in [5.74, 6) is 0.932. The molecule has 1 aliphatic heterocycles. The average Bonchev–Trinajstić information content (AvgIpc) is 2.54. The van der Waals surface area contributed by atoms with Crippen molar-refractivity contribution in [2.75, 3.05) is 13.2 Å². The Balaban J connectivity index is 2.23. The lowest BCUT2D eigenvalue weighted by Gasteiger charge is -2.09. The summed E-state index contributed by atoms with van der Waals surface area (Å²) in [6.07, 6.45) is 2.32. The standard InChI is InChI=1S/C12H13ClN2O3/c1-8(16)15-14-7-9-5-10(13)12-11(6-9)17-3-2-4-18-12/h5-7H,2-4H2,1H3,(H,15,16)/b14-7-. The van der Waals surface area contributed by atoms with Gasteiger partial charge in [0.2, 0.25) is 5.91 Å². The van der Waals surface area contributed by atoms with Crippen LogP contribution in [0.5, 0.6) is 11.5 Å². The van der Waals surface area contributed by atoms with Crippen LogP contribution in [0.15, 0.2) is 17.2 Å². The number of hydrazone groups is 1. The fraction of sp³-hybridized carbons (Fsp3) is 0.333. The molecule has 18 heavy (non-hydrogen) atoms. The van der Waals surface area contributed by atoms with E-state index < -0.39 is 0 Å². The Morgan fingerprint density at radius 2 is 2.22 bits per heavy atom. The van der Waals surface area contributed by atoms with Crippen molar-refractivity contribution >= 4 is 23.7 Å². The van der Waals surface area contributed by atoms with Gasteiger partial charge in [0.1, 0.15) is 0 Å². The molecule has 0 saturated heterocycles. The zero-order valence-electron chi connectivity index (χ0n) is 9.90. The predicted octanol–water partition coefficient (Wildman–Crippen LogP) is 1.97. The van der Waals surface area contributed by atoms with Crippen molar-refractivity contribution in [3.05, 3.63) is 22.7 Å². The van der Waals surface area contributed by atoms with Crippen molar-refractivity contribution in [1.29, 1.82) is 0 Å². The van der Waals surface area contributed by atoms with Crippen LogP contribution in [0, 0.1) is 0 Å². The van der Waals surface area contributed by atoms with Crippen LogP contribution in [0.3, 0.4) is 0 Å². The van der Waals surface area contributed by atoms with E-state index >= 15 is 0 Å². The van der Waals surface area contributed by atoms with Crippen LogP contribution in [0.1, 0.15) is 18.9 Å². The van der Waals surface area contributed by atoms with E-state index in [0.717, 1.165) is 12.0 Å². The molecule has 1 aliphatic rings. The van der Waals surface area contributed by atoms with E-state index in [-0.39, 0.29) is 5.91 Å². The molecule has 0 aromatic heterocycles. The summed E-state index contributed by atoms with van der Waals surface area (Å²) in [7, 11) is 0. The Hall–Kier alpha value is -1.75. The third-order valence-electron chi connectivity index (χ3n) is 2.26. The van der Waals surface area contributed by atoms with Gasteiger partial charge in [-0.15, -0.1) is 0 Å². The molecular formula is C12H13ClN2O3. The number of carbonyl (C=O) groups excluding carboxylic acids is 1. The van der Waals surface area contributed by atoms with E-state index in [1.165, 1.54) is 13.1 Å². The Kier molecular flexibility index (Phi) is 4.04. The first-order valence-electron chi connectivity index (χ1n) is 5.55. The highest BCUT2D eigenvalue weighted by Gasteiger charge is 2.14. The zero-order chi connectivity index (χ0) is 13.0. The van der Waals surface area contributed by atoms with Crippen LogP contribution in [0.25, 0.3) is 0 Å². The lowest BCUT2D eigenvalue weighted by atomic mass is 10.2. The molecule has 0 saturated carbocycles. The van der Waals surface area contributed by atoms with Gasteiger partial charge in [-0.25, -0.2) is 5.43 Å². The molecule has 0 spiro atoms. The average molecular weight is 269 g/mol. The number of nitrogens with zero attached hydrogens (tertiary/aromatic N) is 1. The van der Waals surface area contributed by atoms with Gasteiger partial charge in [-0.2, -0.15) is 5.10 Å². The molecule has 0 atom stereocenters. The van der Waals surface area contributed by atoms with Gasteiger partial charge in [0.25, 0.3) is 0 Å². The number of ether oxygens (including phenoxy) is 2. The van der Waals surface area contributed by atoms with Crippen LogP contribution in [-0.2, 0) is 4.79 Å². The molecule has 0 bridgehead atoms. The highest BCUT2D eigenvalue weighted by atomic mass is 35.5. The quantitative estimate of drug-likeness (QED) is 0.659. The number of hydrogen-bond donors (Lipinski definition) is 1. The molecule has 1 amide bonds. The first-order valence-corrected chi connectivity index (χ1v) is 5.93. The Bertz CT molecular complexity index is 488. The summed E-state index contributed by atoms with van der Waals surface area (Å²) in [6.45, 7) is 2.57. The van der Waals surface area contributed by atoms with Crippen LogP contribution in [-0.4, -0.2) is 25.3 Å². The van der Waals surface area contributed by atoms with Crippen molar-refractivity contribution in [3.8, 4) is 11.5 Å². The van der Waals surface area contributed by atoms with Gasteiger partial charge >= 0.3 is 0 Å². The van der Waals surface area contributed by atoms with Crippen LogP contribution >= 0.6 is 11.6 Å². The van der Waals surface area contributed by atoms with Crippen molar-refractivity contribution < 1.29 is 14.3 Å². The second-order valence-electron chi connectivity index (χ2n) is 3.81. The number of benzene rings is 1. The second-order valence-corrected chi connectivity index (χ2v) is 4.21. The van der Waals surface area contributed by atoms with E-state index in [1.54, 1.807) is 12.1 Å². The molecule has 5 nitrogen and oxygen atoms in total. The number of halogens is 1. The minimum atomic E-state index is -0.230. The first kappa shape index (κ1) is 12.7. The Labute approximate surface area is 110 Å². The number of rotatable bonds is 2. The SMILES string of the molecule is CC(=O)N/N=C\c1cc(Cl)c2c(c1)OCCCO2. The van der Waals surface area contributed by atoms with Gasteiger partial charge in [-0.05, 0) is 17.7 Å². The molecule has 1 aromatic carbocycles. The molecule has 2 rings (SSSR count). The van der Waals surface area contributed by atoms with Crippen molar-refractivity contribution in [2.24, 2.45) is 5.10 Å².